The zero-order valence-electron chi connectivity index (χ0n) is 10.1. The summed E-state index contributed by atoms with van der Waals surface area (Å²) in [6.07, 6.45) is 1.03. The van der Waals surface area contributed by atoms with Gasteiger partial charge in [0, 0.05) is 11.9 Å². The van der Waals surface area contributed by atoms with E-state index >= 15 is 0 Å². The number of hydrogen-bond donors (Lipinski definition) is 1. The first-order valence-electron chi connectivity index (χ1n) is 5.89. The predicted molar refractivity (Wildman–Crippen MR) is 77.2 cm³/mol. The minimum atomic E-state index is 0.177. The Morgan fingerprint density at radius 1 is 1.35 bits per heavy atom. The molecule has 2 nitrogen and oxygen atoms in total. The summed E-state index contributed by atoms with van der Waals surface area (Å²) < 4.78 is 4.39. The molecule has 1 aromatic carbocycles. The van der Waals surface area contributed by atoms with Gasteiger partial charge in [0.1, 0.15) is 5.00 Å². The van der Waals surface area contributed by atoms with Crippen LogP contribution in [0.5, 0.6) is 0 Å². The molecule has 0 aliphatic carbocycles. The molecule has 17 heavy (non-hydrogen) atoms. The second kappa shape index (κ2) is 5.69. The van der Waals surface area contributed by atoms with Crippen molar-refractivity contribution < 1.29 is 0 Å². The summed E-state index contributed by atoms with van der Waals surface area (Å²) in [6.45, 7) is 5.18. The van der Waals surface area contributed by atoms with Gasteiger partial charge in [-0.05, 0) is 36.0 Å². The third kappa shape index (κ3) is 3.33. The van der Waals surface area contributed by atoms with Crippen LogP contribution in [0.1, 0.15) is 20.3 Å². The first-order valence-corrected chi connectivity index (χ1v) is 7.10. The van der Waals surface area contributed by atoms with Crippen LogP contribution in [0.3, 0.4) is 0 Å². The molecule has 0 aliphatic rings. The Balaban J connectivity index is 1.99. The molecule has 0 fully saturated rings. The minimum Gasteiger partial charge on any atom is -0.374 e. The lowest BCUT2D eigenvalue weighted by atomic mass is 10.1. The number of hydrogen-bond acceptors (Lipinski definition) is 3. The van der Waals surface area contributed by atoms with Crippen molar-refractivity contribution in [2.45, 2.75) is 25.6 Å². The Kier molecular flexibility index (Phi) is 4.24. The Morgan fingerprint density at radius 3 is 2.88 bits per heavy atom. The van der Waals surface area contributed by atoms with Gasteiger partial charge < -0.3 is 5.32 Å². The number of nitrogens with one attached hydrogen (secondary N) is 1. The van der Waals surface area contributed by atoms with E-state index in [1.807, 2.05) is 18.2 Å². The van der Waals surface area contributed by atoms with Crippen LogP contribution in [0.4, 0.5) is 5.00 Å². The molecule has 4 heteroatoms. The lowest BCUT2D eigenvalue weighted by molar-refractivity contribution is 0.572. The van der Waals surface area contributed by atoms with E-state index in [1.165, 1.54) is 16.9 Å². The average Bonchev–Trinajstić information content (AvgIpc) is 2.69. The maximum atomic E-state index is 6.27. The zero-order chi connectivity index (χ0) is 12.3. The number of aromatic nitrogens is 1. The molecule has 1 atom stereocenters. The highest BCUT2D eigenvalue weighted by Gasteiger charge is 2.09. The van der Waals surface area contributed by atoms with Gasteiger partial charge in [0.15, 0.2) is 0 Å². The van der Waals surface area contributed by atoms with Crippen LogP contribution < -0.4 is 5.32 Å². The molecular formula is C13H17ClN2S. The van der Waals surface area contributed by atoms with Crippen molar-refractivity contribution in [3.05, 3.63) is 24.3 Å². The summed E-state index contributed by atoms with van der Waals surface area (Å²) in [7, 11) is 0. The fraction of sp³-hybridized carbons (Fsp3) is 0.462. The highest BCUT2D eigenvalue weighted by molar-refractivity contribution is 7.11. The molecule has 1 heterocycles. The fourth-order valence-corrected chi connectivity index (χ4v) is 3.02. The second-order valence-electron chi connectivity index (χ2n) is 4.64. The monoisotopic (exact) mass is 268 g/mol. The van der Waals surface area contributed by atoms with Gasteiger partial charge in [-0.15, -0.1) is 11.6 Å². The van der Waals surface area contributed by atoms with E-state index in [-0.39, 0.29) is 5.38 Å². The van der Waals surface area contributed by atoms with Crippen molar-refractivity contribution in [1.29, 1.82) is 0 Å². The van der Waals surface area contributed by atoms with Crippen molar-refractivity contribution in [2.75, 3.05) is 11.9 Å². The summed E-state index contributed by atoms with van der Waals surface area (Å²) in [6, 6.07) is 8.17. The second-order valence-corrected chi connectivity index (χ2v) is 6.03. The zero-order valence-corrected chi connectivity index (χ0v) is 11.7. The Bertz CT molecular complexity index is 481. The summed E-state index contributed by atoms with van der Waals surface area (Å²) in [4.78, 5) is 0. The predicted octanol–water partition coefficient (Wildman–Crippen LogP) is 4.36. The third-order valence-corrected chi connectivity index (χ3v) is 3.76. The molecule has 2 rings (SSSR count). The molecule has 0 saturated carbocycles. The highest BCUT2D eigenvalue weighted by Crippen LogP contribution is 2.27. The van der Waals surface area contributed by atoms with Crippen molar-refractivity contribution in [3.63, 3.8) is 0 Å². The van der Waals surface area contributed by atoms with Crippen molar-refractivity contribution in [2.24, 2.45) is 5.92 Å². The number of benzene rings is 1. The molecule has 0 spiro atoms. The Hall–Kier alpha value is -0.800. The molecule has 0 amide bonds. The number of alkyl halides is 1. The Labute approximate surface area is 111 Å². The highest BCUT2D eigenvalue weighted by atomic mass is 35.5. The minimum absolute atomic E-state index is 0.177. The number of nitrogens with zero attached hydrogens (tertiary/aromatic N) is 1. The van der Waals surface area contributed by atoms with Gasteiger partial charge in [0.2, 0.25) is 0 Å². The molecule has 0 aliphatic heterocycles. The molecule has 0 radical (unpaired) electrons. The van der Waals surface area contributed by atoms with Gasteiger partial charge in [-0.3, -0.25) is 0 Å². The third-order valence-electron chi connectivity index (χ3n) is 2.60. The fourth-order valence-electron chi connectivity index (χ4n) is 1.82. The summed E-state index contributed by atoms with van der Waals surface area (Å²) in [5, 5.41) is 5.88. The molecule has 0 saturated heterocycles. The summed E-state index contributed by atoms with van der Waals surface area (Å²) in [5.74, 6) is 0.637. The van der Waals surface area contributed by atoms with E-state index in [0.29, 0.717) is 5.92 Å². The van der Waals surface area contributed by atoms with Crippen molar-refractivity contribution in [1.82, 2.24) is 4.37 Å². The lowest BCUT2D eigenvalue weighted by Crippen LogP contribution is -2.15. The number of halogens is 1. The summed E-state index contributed by atoms with van der Waals surface area (Å²) >= 11 is 7.77. The number of anilines is 1. The quantitative estimate of drug-likeness (QED) is 0.815. The first kappa shape index (κ1) is 12.7. The van der Waals surface area contributed by atoms with E-state index in [2.05, 4.69) is 29.6 Å². The first-order chi connectivity index (χ1) is 8.16. The maximum Gasteiger partial charge on any atom is 0.117 e. The van der Waals surface area contributed by atoms with E-state index in [4.69, 9.17) is 11.6 Å². The van der Waals surface area contributed by atoms with E-state index < -0.39 is 0 Å². The molecular weight excluding hydrogens is 252 g/mol. The number of fused-ring (bicyclic) bond motifs is 1. The van der Waals surface area contributed by atoms with Crippen molar-refractivity contribution in [3.8, 4) is 0 Å². The molecule has 1 N–H and O–H groups in total. The largest absolute Gasteiger partial charge is 0.374 e. The van der Waals surface area contributed by atoms with Gasteiger partial charge in [0.25, 0.3) is 0 Å². The van der Waals surface area contributed by atoms with Crippen LogP contribution in [0.25, 0.3) is 10.9 Å². The van der Waals surface area contributed by atoms with Gasteiger partial charge in [-0.2, -0.15) is 4.37 Å². The molecule has 0 bridgehead atoms. The van der Waals surface area contributed by atoms with E-state index in [1.54, 1.807) is 0 Å². The molecule has 2 aromatic rings. The van der Waals surface area contributed by atoms with Crippen LogP contribution in [-0.4, -0.2) is 16.3 Å². The molecule has 1 aromatic heterocycles. The summed E-state index contributed by atoms with van der Waals surface area (Å²) in [5.41, 5.74) is 1.05. The van der Waals surface area contributed by atoms with E-state index in [0.717, 1.165) is 23.5 Å². The van der Waals surface area contributed by atoms with E-state index in [9.17, 15) is 0 Å². The van der Waals surface area contributed by atoms with Crippen LogP contribution in [0, 0.1) is 5.92 Å². The van der Waals surface area contributed by atoms with Gasteiger partial charge >= 0.3 is 0 Å². The molecule has 1 unspecified atom stereocenters. The van der Waals surface area contributed by atoms with Crippen LogP contribution in [0.15, 0.2) is 24.3 Å². The maximum absolute atomic E-state index is 6.27. The van der Waals surface area contributed by atoms with Gasteiger partial charge in [-0.25, -0.2) is 0 Å². The van der Waals surface area contributed by atoms with Crippen LogP contribution in [-0.2, 0) is 0 Å². The molecule has 92 valence electrons. The standard InChI is InChI=1S/C13H17ClN2S/c1-9(2)7-10(14)8-15-13-11-5-3-4-6-12(11)16-17-13/h3-6,9-10,15H,7-8H2,1-2H3. The normalized spacial score (nSPS) is 13.2. The average molecular weight is 269 g/mol. The van der Waals surface area contributed by atoms with Gasteiger partial charge in [0.05, 0.1) is 10.9 Å². The van der Waals surface area contributed by atoms with Gasteiger partial charge in [-0.1, -0.05) is 26.0 Å². The topological polar surface area (TPSA) is 24.9 Å². The lowest BCUT2D eigenvalue weighted by Gasteiger charge is -2.12. The smallest absolute Gasteiger partial charge is 0.117 e. The SMILES string of the molecule is CC(C)CC(Cl)CNc1snc2ccccc12. The van der Waals surface area contributed by atoms with Crippen LogP contribution in [0.2, 0.25) is 0 Å². The van der Waals surface area contributed by atoms with Crippen molar-refractivity contribution >= 4 is 39.0 Å². The Morgan fingerprint density at radius 2 is 2.12 bits per heavy atom. The van der Waals surface area contributed by atoms with Crippen LogP contribution >= 0.6 is 23.1 Å². The number of rotatable bonds is 5.